The summed E-state index contributed by atoms with van der Waals surface area (Å²) in [7, 11) is 1.68. The van der Waals surface area contributed by atoms with Gasteiger partial charge in [-0.2, -0.15) is 4.98 Å². The third-order valence-electron chi connectivity index (χ3n) is 2.67. The average molecular weight is 262 g/mol. The minimum absolute atomic E-state index is 0.178. The van der Waals surface area contributed by atoms with Gasteiger partial charge in [-0.25, -0.2) is 0 Å². The van der Waals surface area contributed by atoms with Crippen LogP contribution in [-0.2, 0) is 11.2 Å². The summed E-state index contributed by atoms with van der Waals surface area (Å²) in [6.07, 6.45) is 4.07. The molecule has 0 aliphatic heterocycles. The lowest BCUT2D eigenvalue weighted by Crippen LogP contribution is -2.35. The van der Waals surface area contributed by atoms with E-state index in [-0.39, 0.29) is 6.04 Å². The van der Waals surface area contributed by atoms with Crippen LogP contribution in [0.3, 0.4) is 0 Å². The molecule has 2 rings (SSSR count). The second-order valence-electron chi connectivity index (χ2n) is 4.17. The zero-order valence-electron chi connectivity index (χ0n) is 11.2. The molecule has 102 valence electrons. The van der Waals surface area contributed by atoms with Crippen LogP contribution in [0.2, 0.25) is 0 Å². The molecule has 0 aromatic carbocycles. The van der Waals surface area contributed by atoms with Crippen LogP contribution in [0.1, 0.15) is 12.8 Å². The molecule has 0 saturated carbocycles. The number of rotatable bonds is 7. The molecule has 0 fully saturated rings. The van der Waals surface area contributed by atoms with Crippen LogP contribution in [0.4, 0.5) is 0 Å². The number of pyridine rings is 1. The number of aromatic nitrogens is 3. The van der Waals surface area contributed by atoms with Gasteiger partial charge in [-0.3, -0.25) is 4.98 Å². The molecule has 0 spiro atoms. The molecule has 2 heterocycles. The minimum Gasteiger partial charge on any atom is -0.383 e. The molecule has 6 heteroatoms. The lowest BCUT2D eigenvalue weighted by atomic mass is 10.2. The van der Waals surface area contributed by atoms with Gasteiger partial charge in [0.1, 0.15) is 0 Å². The third-order valence-corrected chi connectivity index (χ3v) is 2.67. The van der Waals surface area contributed by atoms with Crippen molar-refractivity contribution < 1.29 is 9.26 Å². The Morgan fingerprint density at radius 2 is 2.37 bits per heavy atom. The number of hydrogen-bond acceptors (Lipinski definition) is 6. The Labute approximate surface area is 112 Å². The van der Waals surface area contributed by atoms with Crippen molar-refractivity contribution >= 4 is 0 Å². The van der Waals surface area contributed by atoms with E-state index in [4.69, 9.17) is 9.26 Å². The van der Waals surface area contributed by atoms with Crippen molar-refractivity contribution in [3.63, 3.8) is 0 Å². The summed E-state index contributed by atoms with van der Waals surface area (Å²) >= 11 is 0. The Kier molecular flexibility index (Phi) is 5.00. The molecule has 6 nitrogen and oxygen atoms in total. The Morgan fingerprint density at radius 1 is 1.47 bits per heavy atom. The Hall–Kier alpha value is -1.79. The van der Waals surface area contributed by atoms with E-state index < -0.39 is 0 Å². The van der Waals surface area contributed by atoms with Crippen LogP contribution >= 0.6 is 0 Å². The fourth-order valence-corrected chi connectivity index (χ4v) is 1.84. The summed E-state index contributed by atoms with van der Waals surface area (Å²) in [5.41, 5.74) is 0.851. The first-order chi connectivity index (χ1) is 9.33. The molecule has 0 aliphatic rings. The van der Waals surface area contributed by atoms with Crippen LogP contribution in [0.5, 0.6) is 0 Å². The smallest absolute Gasteiger partial charge is 0.228 e. The van der Waals surface area contributed by atoms with E-state index in [2.05, 4.69) is 27.4 Å². The summed E-state index contributed by atoms with van der Waals surface area (Å²) in [5, 5.41) is 7.28. The molecular weight excluding hydrogens is 244 g/mol. The topological polar surface area (TPSA) is 73.1 Å². The normalized spacial score (nSPS) is 12.5. The van der Waals surface area contributed by atoms with Gasteiger partial charge in [-0.1, -0.05) is 12.1 Å². The quantitative estimate of drug-likeness (QED) is 0.810. The van der Waals surface area contributed by atoms with E-state index in [1.54, 1.807) is 19.5 Å². The molecule has 0 amide bonds. The lowest BCUT2D eigenvalue weighted by molar-refractivity contribution is 0.162. The van der Waals surface area contributed by atoms with E-state index in [1.807, 2.05) is 12.1 Å². The summed E-state index contributed by atoms with van der Waals surface area (Å²) < 4.78 is 10.4. The number of ether oxygens (including phenoxy) is 1. The van der Waals surface area contributed by atoms with Gasteiger partial charge in [0.25, 0.3) is 0 Å². The van der Waals surface area contributed by atoms with E-state index in [1.165, 1.54) is 0 Å². The van der Waals surface area contributed by atoms with Gasteiger partial charge in [-0.15, -0.1) is 0 Å². The summed E-state index contributed by atoms with van der Waals surface area (Å²) in [5.74, 6) is 1.16. The van der Waals surface area contributed by atoms with Crippen LogP contribution in [0.25, 0.3) is 11.4 Å². The predicted octanol–water partition coefficient (Wildman–Crippen LogP) is 1.30. The first-order valence-electron chi connectivity index (χ1n) is 6.28. The second kappa shape index (κ2) is 6.96. The van der Waals surface area contributed by atoms with E-state index in [0.717, 1.165) is 12.1 Å². The van der Waals surface area contributed by atoms with Gasteiger partial charge in [0.2, 0.25) is 11.7 Å². The minimum atomic E-state index is 0.178. The van der Waals surface area contributed by atoms with Gasteiger partial charge in [0.15, 0.2) is 0 Å². The zero-order chi connectivity index (χ0) is 13.5. The van der Waals surface area contributed by atoms with Crippen molar-refractivity contribution in [2.45, 2.75) is 19.4 Å². The molecule has 2 aromatic heterocycles. The number of methoxy groups -OCH3 is 1. The molecule has 19 heavy (non-hydrogen) atoms. The molecule has 0 aliphatic carbocycles. The van der Waals surface area contributed by atoms with Crippen molar-refractivity contribution in [2.24, 2.45) is 0 Å². The van der Waals surface area contributed by atoms with E-state index >= 15 is 0 Å². The molecular formula is C13H18N4O2. The predicted molar refractivity (Wildman–Crippen MR) is 70.6 cm³/mol. The van der Waals surface area contributed by atoms with Crippen LogP contribution < -0.4 is 5.32 Å². The third kappa shape index (κ3) is 3.84. The van der Waals surface area contributed by atoms with Crippen molar-refractivity contribution in [1.82, 2.24) is 20.4 Å². The van der Waals surface area contributed by atoms with Crippen LogP contribution in [0.15, 0.2) is 29.0 Å². The highest BCUT2D eigenvalue weighted by atomic mass is 16.5. The Morgan fingerprint density at radius 3 is 3.05 bits per heavy atom. The zero-order valence-corrected chi connectivity index (χ0v) is 11.2. The fourth-order valence-electron chi connectivity index (χ4n) is 1.84. The van der Waals surface area contributed by atoms with Crippen molar-refractivity contribution in [3.05, 3.63) is 30.4 Å². The lowest BCUT2D eigenvalue weighted by Gasteiger charge is -2.14. The van der Waals surface area contributed by atoms with Gasteiger partial charge < -0.3 is 14.6 Å². The molecule has 1 N–H and O–H groups in total. The maximum absolute atomic E-state index is 5.26. The highest BCUT2D eigenvalue weighted by molar-refractivity contribution is 5.51. The molecule has 0 bridgehead atoms. The standard InChI is InChI=1S/C13H18N4O2/c1-3-15-11(9-18-2)7-12-16-13(17-19-12)10-5-4-6-14-8-10/h4-6,8,11,15H,3,7,9H2,1-2H3. The van der Waals surface area contributed by atoms with Gasteiger partial charge >= 0.3 is 0 Å². The highest BCUT2D eigenvalue weighted by Gasteiger charge is 2.14. The first-order valence-corrected chi connectivity index (χ1v) is 6.28. The number of nitrogens with zero attached hydrogens (tertiary/aromatic N) is 3. The molecule has 1 atom stereocenters. The number of hydrogen-bond donors (Lipinski definition) is 1. The van der Waals surface area contributed by atoms with Gasteiger partial charge in [-0.05, 0) is 18.7 Å². The van der Waals surface area contributed by atoms with E-state index in [9.17, 15) is 0 Å². The first kappa shape index (κ1) is 13.6. The highest BCUT2D eigenvalue weighted by Crippen LogP contribution is 2.14. The van der Waals surface area contributed by atoms with Crippen LogP contribution in [0, 0.1) is 0 Å². The van der Waals surface area contributed by atoms with Crippen LogP contribution in [-0.4, -0.2) is 41.4 Å². The molecule has 0 saturated heterocycles. The second-order valence-corrected chi connectivity index (χ2v) is 4.17. The summed E-state index contributed by atoms with van der Waals surface area (Å²) in [6, 6.07) is 3.92. The maximum atomic E-state index is 5.26. The van der Waals surface area contributed by atoms with Crippen molar-refractivity contribution in [1.29, 1.82) is 0 Å². The van der Waals surface area contributed by atoms with Gasteiger partial charge in [0, 0.05) is 37.5 Å². The van der Waals surface area contributed by atoms with Crippen molar-refractivity contribution in [2.75, 3.05) is 20.3 Å². The maximum Gasteiger partial charge on any atom is 0.228 e. The largest absolute Gasteiger partial charge is 0.383 e. The number of nitrogens with one attached hydrogen (secondary N) is 1. The monoisotopic (exact) mass is 262 g/mol. The summed E-state index contributed by atoms with van der Waals surface area (Å²) in [6.45, 7) is 3.54. The van der Waals surface area contributed by atoms with Crippen molar-refractivity contribution in [3.8, 4) is 11.4 Å². The number of likely N-dealkylation sites (N-methyl/N-ethyl adjacent to an activating group) is 1. The summed E-state index contributed by atoms with van der Waals surface area (Å²) in [4.78, 5) is 8.41. The fraction of sp³-hybridized carbons (Fsp3) is 0.462. The molecule has 1 unspecified atom stereocenters. The molecule has 2 aromatic rings. The van der Waals surface area contributed by atoms with Gasteiger partial charge in [0.05, 0.1) is 6.61 Å². The average Bonchev–Trinajstić information content (AvgIpc) is 2.89. The molecule has 0 radical (unpaired) electrons. The SMILES string of the molecule is CCNC(COC)Cc1nc(-c2cccnc2)no1. The van der Waals surface area contributed by atoms with E-state index in [0.29, 0.717) is 24.7 Å². The Balaban J connectivity index is 2.04. The Bertz CT molecular complexity index is 480.